The van der Waals surface area contributed by atoms with E-state index < -0.39 is 84.5 Å². The molecule has 0 aromatic rings. The summed E-state index contributed by atoms with van der Waals surface area (Å²) in [5.74, 6) is -8.86. The van der Waals surface area contributed by atoms with Crippen LogP contribution in [-0.2, 0) is 33.6 Å². The topological polar surface area (TPSA) is 268 Å². The van der Waals surface area contributed by atoms with Crippen LogP contribution >= 0.6 is 0 Å². The highest BCUT2D eigenvalue weighted by Gasteiger charge is 2.33. The molecule has 0 spiro atoms. The van der Waals surface area contributed by atoms with Gasteiger partial charge < -0.3 is 42.7 Å². The van der Waals surface area contributed by atoms with Crippen LogP contribution in [0, 0.1) is 5.92 Å². The zero-order valence-corrected chi connectivity index (χ0v) is 18.8. The Morgan fingerprint density at radius 2 is 1.29 bits per heavy atom. The molecule has 192 valence electrons. The molecule has 15 nitrogen and oxygen atoms in total. The van der Waals surface area contributed by atoms with E-state index in [4.69, 9.17) is 26.8 Å². The molecule has 0 fully saturated rings. The van der Waals surface area contributed by atoms with Gasteiger partial charge in [-0.2, -0.15) is 0 Å². The number of nitrogens with two attached hydrogens (primary N) is 2. The number of amides is 4. The van der Waals surface area contributed by atoms with Crippen LogP contribution in [0.1, 0.15) is 46.0 Å². The molecule has 15 heteroatoms. The monoisotopic (exact) mass is 489 g/mol. The standard InChI is InChI=1S/C19H31N5O10/c1-3-8(2)15(24-16(30)9(20)4-5-12(21)25)18(32)22-10(6-13(26)27)17(31)23-11(19(33)34)7-14(28)29/h8-11,15H,3-7,20H2,1-2H3,(H2,21,25)(H,22,32)(H,23,31)(H,24,30)(H,26,27)(H,28,29)(H,33,34). The van der Waals surface area contributed by atoms with Gasteiger partial charge in [0, 0.05) is 6.42 Å². The SMILES string of the molecule is CCC(C)C(NC(=O)C(N)CCC(N)=O)C(=O)NC(CC(=O)O)C(=O)NC(CC(=O)O)C(=O)O. The van der Waals surface area contributed by atoms with Crippen molar-refractivity contribution in [3.8, 4) is 0 Å². The minimum absolute atomic E-state index is 0.0831. The molecule has 0 aromatic carbocycles. The van der Waals surface area contributed by atoms with Gasteiger partial charge in [0.15, 0.2) is 0 Å². The summed E-state index contributed by atoms with van der Waals surface area (Å²) in [7, 11) is 0. The van der Waals surface area contributed by atoms with Crippen LogP contribution in [-0.4, -0.2) is 81.0 Å². The van der Waals surface area contributed by atoms with E-state index in [1.807, 2.05) is 5.32 Å². The van der Waals surface area contributed by atoms with Gasteiger partial charge in [-0.15, -0.1) is 0 Å². The summed E-state index contributed by atoms with van der Waals surface area (Å²) in [6.45, 7) is 3.30. The number of aliphatic carboxylic acids is 3. The van der Waals surface area contributed by atoms with Gasteiger partial charge in [-0.05, 0) is 12.3 Å². The van der Waals surface area contributed by atoms with Gasteiger partial charge in [0.05, 0.1) is 18.9 Å². The molecule has 5 atom stereocenters. The molecule has 0 saturated heterocycles. The predicted octanol–water partition coefficient (Wildman–Crippen LogP) is -2.89. The number of carboxylic acid groups (broad SMARTS) is 3. The molecule has 34 heavy (non-hydrogen) atoms. The third-order valence-electron chi connectivity index (χ3n) is 4.84. The second-order valence-electron chi connectivity index (χ2n) is 7.64. The van der Waals surface area contributed by atoms with Gasteiger partial charge in [0.25, 0.3) is 0 Å². The molecular weight excluding hydrogens is 458 g/mol. The Hall–Kier alpha value is -3.75. The summed E-state index contributed by atoms with van der Waals surface area (Å²) in [6, 6.07) is -6.06. The van der Waals surface area contributed by atoms with Crippen LogP contribution in [0.25, 0.3) is 0 Å². The Balaban J connectivity index is 5.57. The molecule has 0 radical (unpaired) electrons. The number of primary amides is 1. The summed E-state index contributed by atoms with van der Waals surface area (Å²) in [6.07, 6.45) is -1.80. The summed E-state index contributed by atoms with van der Waals surface area (Å²) in [5, 5.41) is 33.4. The average Bonchev–Trinajstić information content (AvgIpc) is 2.72. The Labute approximate surface area is 194 Å². The smallest absolute Gasteiger partial charge is 0.326 e. The van der Waals surface area contributed by atoms with Gasteiger partial charge in [-0.3, -0.25) is 28.8 Å². The molecule has 0 heterocycles. The first kappa shape index (κ1) is 30.2. The minimum atomic E-state index is -1.87. The van der Waals surface area contributed by atoms with Crippen molar-refractivity contribution in [1.82, 2.24) is 16.0 Å². The van der Waals surface area contributed by atoms with E-state index in [1.54, 1.807) is 13.8 Å². The Morgan fingerprint density at radius 3 is 1.74 bits per heavy atom. The number of carbonyl (C=O) groups is 7. The fourth-order valence-corrected chi connectivity index (χ4v) is 2.68. The fourth-order valence-electron chi connectivity index (χ4n) is 2.68. The van der Waals surface area contributed by atoms with Crippen molar-refractivity contribution in [2.75, 3.05) is 0 Å². The van der Waals surface area contributed by atoms with Crippen molar-refractivity contribution < 1.29 is 48.9 Å². The van der Waals surface area contributed by atoms with Gasteiger partial charge in [0.1, 0.15) is 18.1 Å². The summed E-state index contributed by atoms with van der Waals surface area (Å²) >= 11 is 0. The van der Waals surface area contributed by atoms with Crippen molar-refractivity contribution in [2.45, 2.75) is 70.1 Å². The highest BCUT2D eigenvalue weighted by Crippen LogP contribution is 2.10. The molecule has 0 aromatic heterocycles. The maximum atomic E-state index is 12.8. The second-order valence-corrected chi connectivity index (χ2v) is 7.64. The normalized spacial score (nSPS) is 15.0. The number of hydrogen-bond acceptors (Lipinski definition) is 8. The zero-order chi connectivity index (χ0) is 26.6. The lowest BCUT2D eigenvalue weighted by Crippen LogP contribution is -2.59. The molecule has 0 saturated carbocycles. The molecule has 4 amide bonds. The first-order valence-corrected chi connectivity index (χ1v) is 10.3. The lowest BCUT2D eigenvalue weighted by atomic mass is 9.97. The minimum Gasteiger partial charge on any atom is -0.481 e. The summed E-state index contributed by atoms with van der Waals surface area (Å²) in [4.78, 5) is 81.7. The van der Waals surface area contributed by atoms with E-state index in [0.29, 0.717) is 6.42 Å². The highest BCUT2D eigenvalue weighted by molar-refractivity contribution is 5.96. The third kappa shape index (κ3) is 11.2. The van der Waals surface area contributed by atoms with Crippen molar-refractivity contribution in [3.05, 3.63) is 0 Å². The van der Waals surface area contributed by atoms with Gasteiger partial charge >= 0.3 is 17.9 Å². The van der Waals surface area contributed by atoms with Crippen LogP contribution in [0.15, 0.2) is 0 Å². The van der Waals surface area contributed by atoms with E-state index in [0.717, 1.165) is 0 Å². The number of carbonyl (C=O) groups excluding carboxylic acids is 4. The molecular formula is C19H31N5O10. The molecule has 0 bridgehead atoms. The van der Waals surface area contributed by atoms with Crippen LogP contribution < -0.4 is 27.4 Å². The predicted molar refractivity (Wildman–Crippen MR) is 114 cm³/mol. The number of hydrogen-bond donors (Lipinski definition) is 8. The summed E-state index contributed by atoms with van der Waals surface area (Å²) < 4.78 is 0. The maximum absolute atomic E-state index is 12.8. The molecule has 0 aliphatic heterocycles. The van der Waals surface area contributed by atoms with E-state index in [-0.39, 0.29) is 12.8 Å². The zero-order valence-electron chi connectivity index (χ0n) is 18.8. The molecule has 0 aliphatic carbocycles. The van der Waals surface area contributed by atoms with Crippen molar-refractivity contribution in [2.24, 2.45) is 17.4 Å². The van der Waals surface area contributed by atoms with E-state index >= 15 is 0 Å². The number of rotatable bonds is 16. The lowest BCUT2D eigenvalue weighted by Gasteiger charge is -2.27. The number of nitrogens with one attached hydrogen (secondary N) is 3. The highest BCUT2D eigenvalue weighted by atomic mass is 16.4. The van der Waals surface area contributed by atoms with Crippen molar-refractivity contribution >= 4 is 41.5 Å². The average molecular weight is 489 g/mol. The van der Waals surface area contributed by atoms with Crippen LogP contribution in [0.5, 0.6) is 0 Å². The Bertz CT molecular complexity index is 802. The van der Waals surface area contributed by atoms with E-state index in [2.05, 4.69) is 10.6 Å². The van der Waals surface area contributed by atoms with E-state index in [9.17, 15) is 33.6 Å². The Kier molecular flexibility index (Phi) is 12.8. The van der Waals surface area contributed by atoms with Gasteiger partial charge in [-0.1, -0.05) is 20.3 Å². The first-order chi connectivity index (χ1) is 15.7. The van der Waals surface area contributed by atoms with E-state index in [1.165, 1.54) is 0 Å². The van der Waals surface area contributed by atoms with Crippen LogP contribution in [0.4, 0.5) is 0 Å². The quantitative estimate of drug-likeness (QED) is 0.109. The third-order valence-corrected chi connectivity index (χ3v) is 4.84. The number of carboxylic acids is 3. The largest absolute Gasteiger partial charge is 0.481 e. The molecule has 10 N–H and O–H groups in total. The molecule has 0 rings (SSSR count). The first-order valence-electron chi connectivity index (χ1n) is 10.3. The lowest BCUT2D eigenvalue weighted by molar-refractivity contribution is -0.148. The Morgan fingerprint density at radius 1 is 0.794 bits per heavy atom. The maximum Gasteiger partial charge on any atom is 0.326 e. The summed E-state index contributed by atoms with van der Waals surface area (Å²) in [5.41, 5.74) is 10.7. The molecule has 5 unspecified atom stereocenters. The van der Waals surface area contributed by atoms with Gasteiger partial charge in [0.2, 0.25) is 23.6 Å². The van der Waals surface area contributed by atoms with Crippen molar-refractivity contribution in [3.63, 3.8) is 0 Å². The van der Waals surface area contributed by atoms with Crippen molar-refractivity contribution in [1.29, 1.82) is 0 Å². The fraction of sp³-hybridized carbons (Fsp3) is 0.632. The van der Waals surface area contributed by atoms with Gasteiger partial charge in [-0.25, -0.2) is 4.79 Å². The van der Waals surface area contributed by atoms with Crippen LogP contribution in [0.2, 0.25) is 0 Å². The molecule has 0 aliphatic rings. The van der Waals surface area contributed by atoms with Crippen LogP contribution in [0.3, 0.4) is 0 Å². The second kappa shape index (κ2) is 14.4.